The Morgan fingerprint density at radius 2 is 1.04 bits per heavy atom. The van der Waals surface area contributed by atoms with Crippen LogP contribution in [0.1, 0.15) is 28.8 Å². The van der Waals surface area contributed by atoms with Gasteiger partial charge in [0, 0.05) is 38.3 Å². The third-order valence-corrected chi connectivity index (χ3v) is 7.55. The molecule has 0 atom stereocenters. The smallest absolute Gasteiger partial charge is 0.137 e. The van der Waals surface area contributed by atoms with Crippen LogP contribution in [0.2, 0.25) is 0 Å². The molecular weight excluding hydrogens is 566 g/mol. The van der Waals surface area contributed by atoms with Gasteiger partial charge in [-0.15, -0.1) is 0 Å². The fourth-order valence-electron chi connectivity index (χ4n) is 5.57. The molecular formula is C42H25NO3. The number of para-hydroxylation sites is 3. The van der Waals surface area contributed by atoms with Crippen molar-refractivity contribution in [3.8, 4) is 11.1 Å². The average Bonchev–Trinajstić information content (AvgIpc) is 4.02. The van der Waals surface area contributed by atoms with Crippen molar-refractivity contribution in [3.63, 3.8) is 0 Å². The summed E-state index contributed by atoms with van der Waals surface area (Å²) in [7, 11) is 0. The van der Waals surface area contributed by atoms with Gasteiger partial charge in [0.1, 0.15) is 33.5 Å². The Morgan fingerprint density at radius 1 is 0.413 bits per heavy atom. The lowest BCUT2D eigenvalue weighted by atomic mass is 10.0. The number of furan rings is 3. The summed E-state index contributed by atoms with van der Waals surface area (Å²) in [6.45, 7) is 0. The van der Waals surface area contributed by atoms with Crippen molar-refractivity contribution < 1.29 is 42.0 Å². The van der Waals surface area contributed by atoms with Crippen molar-refractivity contribution in [1.29, 1.82) is 0 Å². The molecule has 10 rings (SSSR count). The van der Waals surface area contributed by atoms with Gasteiger partial charge in [-0.05, 0) is 89.8 Å². The van der Waals surface area contributed by atoms with Gasteiger partial charge in [-0.2, -0.15) is 0 Å². The summed E-state index contributed by atoms with van der Waals surface area (Å²) in [4.78, 5) is 1.03. The van der Waals surface area contributed by atoms with Gasteiger partial charge < -0.3 is 18.2 Å². The van der Waals surface area contributed by atoms with Crippen LogP contribution in [-0.2, 0) is 0 Å². The number of nitrogens with zero attached hydrogens (tertiary/aromatic N) is 1. The average molecular weight is 613 g/mol. The molecule has 4 heteroatoms. The lowest BCUT2D eigenvalue weighted by molar-refractivity contribution is 0.668. The summed E-state index contributed by atoms with van der Waals surface area (Å²) >= 11 is 0. The lowest BCUT2D eigenvalue weighted by Gasteiger charge is -2.26. The van der Waals surface area contributed by atoms with Crippen LogP contribution in [-0.4, -0.2) is 0 Å². The van der Waals surface area contributed by atoms with Gasteiger partial charge in [0.25, 0.3) is 0 Å². The van der Waals surface area contributed by atoms with Gasteiger partial charge in [-0.3, -0.25) is 0 Å². The van der Waals surface area contributed by atoms with Crippen LogP contribution < -0.4 is 4.90 Å². The van der Waals surface area contributed by atoms with Gasteiger partial charge in [0.2, 0.25) is 0 Å². The van der Waals surface area contributed by atoms with E-state index in [-0.39, 0.29) is 60.3 Å². The maximum Gasteiger partial charge on any atom is 0.137 e. The second kappa shape index (κ2) is 9.62. The Labute approximate surface area is 292 Å². The van der Waals surface area contributed by atoms with E-state index in [1.807, 2.05) is 0 Å². The quantitative estimate of drug-likeness (QED) is 0.198. The number of benzene rings is 7. The van der Waals surface area contributed by atoms with Crippen LogP contribution in [0.4, 0.5) is 17.1 Å². The van der Waals surface area contributed by atoms with Gasteiger partial charge in [0.05, 0.1) is 39.9 Å². The van der Waals surface area contributed by atoms with Gasteiger partial charge >= 0.3 is 0 Å². The van der Waals surface area contributed by atoms with Crippen molar-refractivity contribution in [2.45, 2.75) is 0 Å². The molecule has 3 heterocycles. The van der Waals surface area contributed by atoms with E-state index < -0.39 is 161 Å². The van der Waals surface area contributed by atoms with Crippen LogP contribution >= 0.6 is 0 Å². The van der Waals surface area contributed by atoms with Crippen LogP contribution in [0.5, 0.6) is 0 Å². The molecule has 10 aromatic rings. The summed E-state index contributed by atoms with van der Waals surface area (Å²) in [6, 6.07) is -9.06. The number of anilines is 3. The van der Waals surface area contributed by atoms with Crippen molar-refractivity contribution >= 4 is 82.9 Å². The monoisotopic (exact) mass is 612 g/mol. The minimum Gasteiger partial charge on any atom is -0.456 e. The lowest BCUT2D eigenvalue weighted by Crippen LogP contribution is -2.10. The number of hydrogen-bond donors (Lipinski definition) is 0. The third-order valence-electron chi connectivity index (χ3n) is 7.55. The number of hydrogen-bond acceptors (Lipinski definition) is 4. The largest absolute Gasteiger partial charge is 0.456 e. The van der Waals surface area contributed by atoms with Crippen molar-refractivity contribution in [3.05, 3.63) is 151 Å². The number of rotatable bonds is 4. The van der Waals surface area contributed by atoms with Crippen LogP contribution in [0.15, 0.2) is 164 Å². The molecule has 216 valence electrons. The van der Waals surface area contributed by atoms with E-state index in [1.54, 1.807) is 0 Å². The molecule has 0 amide bonds. The highest BCUT2D eigenvalue weighted by atomic mass is 16.3. The molecule has 0 aliphatic rings. The zero-order valence-electron chi connectivity index (χ0n) is 44.0. The Hall–Kier alpha value is -6.26. The fraction of sp³-hybridized carbons (Fsp3) is 0. The first-order chi connectivity index (χ1) is 31.5. The van der Waals surface area contributed by atoms with E-state index in [0.29, 0.717) is 0 Å². The molecule has 7 aromatic carbocycles. The molecule has 0 aliphatic carbocycles. The van der Waals surface area contributed by atoms with E-state index in [0.717, 1.165) is 11.0 Å². The maximum absolute atomic E-state index is 9.60. The minimum atomic E-state index is -0.802. The molecule has 0 N–H and O–H groups in total. The Bertz CT molecular complexity index is 3940. The van der Waals surface area contributed by atoms with Crippen molar-refractivity contribution in [1.82, 2.24) is 0 Å². The third kappa shape index (κ3) is 3.74. The van der Waals surface area contributed by atoms with Gasteiger partial charge in [0.15, 0.2) is 0 Å². The first-order valence-corrected chi connectivity index (χ1v) is 13.7. The predicted molar refractivity (Wildman–Crippen MR) is 188 cm³/mol. The first-order valence-electron chi connectivity index (χ1n) is 24.2. The van der Waals surface area contributed by atoms with E-state index in [1.165, 1.54) is 18.2 Å². The highest BCUT2D eigenvalue weighted by molar-refractivity contribution is 6.14. The molecule has 0 saturated heterocycles. The van der Waals surface area contributed by atoms with E-state index in [9.17, 15) is 4.11 Å². The first kappa shape index (κ1) is 12.3. The molecule has 0 radical (unpaired) electrons. The minimum absolute atomic E-state index is 0.0264. The second-order valence-corrected chi connectivity index (χ2v) is 10.1. The molecule has 0 aliphatic heterocycles. The summed E-state index contributed by atoms with van der Waals surface area (Å²) in [6.07, 6.45) is 0. The summed E-state index contributed by atoms with van der Waals surface area (Å²) in [5, 5.41) is -1.07. The SMILES string of the molecule is [2H]c1cc2c(oc3c([2H])c([2H])c([2H])c(N(c4ccc5oc6c([2H])c([2H])c(-c7c([2H])c([2H])c8oc9c([2H])c([2H])c([2H])c([2H])c9c8c7[2H])c([2H])c6c5c4)c4c([2H])c([2H])c([2H])c([2H])c4[2H])c32)c([2H])c1[2H]. The highest BCUT2D eigenvalue weighted by Crippen LogP contribution is 2.44. The zero-order valence-corrected chi connectivity index (χ0v) is 23.0. The number of fused-ring (bicyclic) bond motifs is 9. The molecule has 3 aromatic heterocycles. The van der Waals surface area contributed by atoms with Gasteiger partial charge in [-0.1, -0.05) is 72.5 Å². The summed E-state index contributed by atoms with van der Waals surface area (Å²) in [5.41, 5.74) is -4.00. The molecule has 4 nitrogen and oxygen atoms in total. The Kier molecular flexibility index (Phi) is 2.56. The Balaban J connectivity index is 1.34. The standard InChI is InChI=1S/C42H25NO3/c1-2-9-28(10-3-1)43(35-13-8-16-41-42(35)31-12-5-7-15-37(31)46-41)29-19-22-40-34(25-29)33-24-27(18-21-39(33)45-40)26-17-20-38-32(23-26)30-11-4-6-14-36(30)44-38/h1-25H/i1D,2D,3D,4D,5D,6D,7D,8D,9D,10D,11D,13D,14D,15D,16D,17D,18D,20D,21D,23D,24D. The fourth-order valence-corrected chi connectivity index (χ4v) is 5.57. The second-order valence-electron chi connectivity index (χ2n) is 10.1. The Morgan fingerprint density at radius 3 is 1.87 bits per heavy atom. The van der Waals surface area contributed by atoms with Crippen LogP contribution in [0.25, 0.3) is 76.9 Å². The normalized spacial score (nSPS) is 18.3. The zero-order chi connectivity index (χ0) is 48.5. The van der Waals surface area contributed by atoms with Crippen molar-refractivity contribution in [2.75, 3.05) is 4.90 Å². The summed E-state index contributed by atoms with van der Waals surface area (Å²) in [5.74, 6) is 0. The highest BCUT2D eigenvalue weighted by Gasteiger charge is 2.20. The van der Waals surface area contributed by atoms with Crippen LogP contribution in [0, 0.1) is 0 Å². The van der Waals surface area contributed by atoms with Crippen molar-refractivity contribution in [2.24, 2.45) is 0 Å². The topological polar surface area (TPSA) is 42.7 Å². The van der Waals surface area contributed by atoms with Gasteiger partial charge in [-0.25, -0.2) is 0 Å². The maximum atomic E-state index is 9.60. The molecule has 46 heavy (non-hydrogen) atoms. The predicted octanol–water partition coefficient (Wildman–Crippen LogP) is 12.5. The molecule has 0 spiro atoms. The van der Waals surface area contributed by atoms with E-state index >= 15 is 0 Å². The van der Waals surface area contributed by atoms with E-state index in [2.05, 4.69) is 0 Å². The summed E-state index contributed by atoms with van der Waals surface area (Å²) < 4.78 is 202. The van der Waals surface area contributed by atoms with E-state index in [4.69, 9.17) is 37.9 Å². The molecule has 0 saturated carbocycles. The molecule has 0 fully saturated rings. The van der Waals surface area contributed by atoms with Crippen LogP contribution in [0.3, 0.4) is 0 Å². The molecule has 0 bridgehead atoms. The molecule has 0 unspecified atom stereocenters.